The molecule has 5 aromatic rings. The normalized spacial score (nSPS) is 11.6. The number of hydrogen-bond donors (Lipinski definition) is 1. The molecule has 1 aromatic heterocycles. The molecule has 0 aliphatic carbocycles. The number of carbonyl (C=O) groups is 2. The molecule has 0 radical (unpaired) electrons. The van der Waals surface area contributed by atoms with Gasteiger partial charge in [0, 0.05) is 10.9 Å². The maximum absolute atomic E-state index is 13.3. The van der Waals surface area contributed by atoms with Crippen LogP contribution in [0.2, 0.25) is 0 Å². The molecule has 0 aliphatic rings. The van der Waals surface area contributed by atoms with E-state index in [1.165, 1.54) is 0 Å². The van der Waals surface area contributed by atoms with Gasteiger partial charge in [-0.2, -0.15) is 0 Å². The standard InChI is InChI=1S/C31H24N2O3/c34-21-24(19-22-9-3-1-4-10-22)32-31(35)28-20-30(33-29-14-8-7-13-27(28)29)23-15-17-26(18-16-23)36-25-11-5-2-6-12-25/h1-18,20-21,24H,19H2,(H,32,35). The molecule has 4 aromatic carbocycles. The Morgan fingerprint density at radius 3 is 2.17 bits per heavy atom. The van der Waals surface area contributed by atoms with Gasteiger partial charge in [-0.15, -0.1) is 0 Å². The van der Waals surface area contributed by atoms with E-state index in [1.807, 2.05) is 109 Å². The number of nitrogens with one attached hydrogen (secondary N) is 1. The van der Waals surface area contributed by atoms with Crippen LogP contribution in [0.15, 0.2) is 115 Å². The fourth-order valence-electron chi connectivity index (χ4n) is 4.08. The van der Waals surface area contributed by atoms with Crippen molar-refractivity contribution in [2.75, 3.05) is 0 Å². The summed E-state index contributed by atoms with van der Waals surface area (Å²) in [7, 11) is 0. The highest BCUT2D eigenvalue weighted by Crippen LogP contribution is 2.28. The van der Waals surface area contributed by atoms with Gasteiger partial charge in [-0.1, -0.05) is 66.7 Å². The molecule has 5 heteroatoms. The lowest BCUT2D eigenvalue weighted by molar-refractivity contribution is -0.109. The molecule has 1 unspecified atom stereocenters. The number of pyridine rings is 1. The summed E-state index contributed by atoms with van der Waals surface area (Å²) in [6, 6.07) is 35.4. The van der Waals surface area contributed by atoms with E-state index in [-0.39, 0.29) is 5.91 Å². The van der Waals surface area contributed by atoms with Gasteiger partial charge >= 0.3 is 0 Å². The third-order valence-corrected chi connectivity index (χ3v) is 5.87. The van der Waals surface area contributed by atoms with Crippen molar-refractivity contribution >= 4 is 23.1 Å². The molecule has 0 saturated carbocycles. The second kappa shape index (κ2) is 10.7. The summed E-state index contributed by atoms with van der Waals surface area (Å²) >= 11 is 0. The van der Waals surface area contributed by atoms with Gasteiger partial charge in [0.05, 0.1) is 22.8 Å². The van der Waals surface area contributed by atoms with Gasteiger partial charge in [-0.05, 0) is 60.5 Å². The Kier molecular flexibility index (Phi) is 6.81. The SMILES string of the molecule is O=CC(Cc1ccccc1)NC(=O)c1cc(-c2ccc(Oc3ccccc3)cc2)nc2ccccc12. The lowest BCUT2D eigenvalue weighted by Crippen LogP contribution is -2.37. The maximum atomic E-state index is 13.3. The number of ether oxygens (including phenoxy) is 1. The summed E-state index contributed by atoms with van der Waals surface area (Å²) in [5.74, 6) is 1.15. The van der Waals surface area contributed by atoms with Crippen LogP contribution in [0.25, 0.3) is 22.2 Å². The lowest BCUT2D eigenvalue weighted by Gasteiger charge is -2.15. The first-order valence-corrected chi connectivity index (χ1v) is 11.7. The van der Waals surface area contributed by atoms with Crippen LogP contribution in [-0.4, -0.2) is 23.2 Å². The highest BCUT2D eigenvalue weighted by Gasteiger charge is 2.18. The fraction of sp³-hybridized carbons (Fsp3) is 0.0645. The van der Waals surface area contributed by atoms with Gasteiger partial charge in [-0.25, -0.2) is 4.98 Å². The molecule has 0 spiro atoms. The minimum absolute atomic E-state index is 0.313. The predicted octanol–water partition coefficient (Wildman–Crippen LogP) is 6.23. The van der Waals surface area contributed by atoms with Crippen molar-refractivity contribution in [2.45, 2.75) is 12.5 Å². The number of nitrogens with zero attached hydrogens (tertiary/aromatic N) is 1. The Morgan fingerprint density at radius 2 is 1.44 bits per heavy atom. The summed E-state index contributed by atoms with van der Waals surface area (Å²) in [6.07, 6.45) is 1.20. The van der Waals surface area contributed by atoms with E-state index in [9.17, 15) is 9.59 Å². The zero-order valence-electron chi connectivity index (χ0n) is 19.5. The largest absolute Gasteiger partial charge is 0.457 e. The third-order valence-electron chi connectivity index (χ3n) is 5.87. The monoisotopic (exact) mass is 472 g/mol. The second-order valence-electron chi connectivity index (χ2n) is 8.42. The summed E-state index contributed by atoms with van der Waals surface area (Å²) in [6.45, 7) is 0. The molecule has 1 amide bonds. The predicted molar refractivity (Wildman–Crippen MR) is 141 cm³/mol. The molecular formula is C31H24N2O3. The molecule has 1 N–H and O–H groups in total. The van der Waals surface area contributed by atoms with E-state index >= 15 is 0 Å². The molecule has 5 rings (SSSR count). The molecule has 0 fully saturated rings. The minimum Gasteiger partial charge on any atom is -0.457 e. The first-order valence-electron chi connectivity index (χ1n) is 11.7. The number of carbonyl (C=O) groups excluding carboxylic acids is 2. The Balaban J connectivity index is 1.42. The van der Waals surface area contributed by atoms with Gasteiger partial charge in [0.25, 0.3) is 5.91 Å². The minimum atomic E-state index is -0.635. The number of aromatic nitrogens is 1. The van der Waals surface area contributed by atoms with Gasteiger partial charge in [-0.3, -0.25) is 4.79 Å². The Morgan fingerprint density at radius 1 is 0.806 bits per heavy atom. The van der Waals surface area contributed by atoms with Crippen molar-refractivity contribution in [3.63, 3.8) is 0 Å². The average molecular weight is 473 g/mol. The molecular weight excluding hydrogens is 448 g/mol. The molecule has 0 saturated heterocycles. The number of rotatable bonds is 8. The summed E-state index contributed by atoms with van der Waals surface area (Å²) in [5, 5.41) is 3.61. The van der Waals surface area contributed by atoms with E-state index in [2.05, 4.69) is 5.32 Å². The molecule has 36 heavy (non-hydrogen) atoms. The smallest absolute Gasteiger partial charge is 0.252 e. The highest BCUT2D eigenvalue weighted by molar-refractivity contribution is 6.07. The van der Waals surface area contributed by atoms with Crippen LogP contribution in [0.3, 0.4) is 0 Å². The van der Waals surface area contributed by atoms with Crippen molar-refractivity contribution < 1.29 is 14.3 Å². The van der Waals surface area contributed by atoms with Crippen LogP contribution in [-0.2, 0) is 11.2 Å². The van der Waals surface area contributed by atoms with Crippen molar-refractivity contribution in [1.82, 2.24) is 10.3 Å². The topological polar surface area (TPSA) is 68.3 Å². The average Bonchev–Trinajstić information content (AvgIpc) is 2.93. The van der Waals surface area contributed by atoms with Crippen LogP contribution >= 0.6 is 0 Å². The first kappa shape index (κ1) is 23.0. The molecule has 176 valence electrons. The number of amides is 1. The van der Waals surface area contributed by atoms with E-state index in [0.29, 0.717) is 28.9 Å². The summed E-state index contributed by atoms with van der Waals surface area (Å²) in [5.41, 5.74) is 3.67. The molecule has 1 heterocycles. The number of benzene rings is 4. The van der Waals surface area contributed by atoms with Gasteiger partial charge in [0.2, 0.25) is 0 Å². The van der Waals surface area contributed by atoms with Crippen molar-refractivity contribution in [3.05, 3.63) is 126 Å². The number of aldehydes is 1. The number of fused-ring (bicyclic) bond motifs is 1. The Labute approximate surface area is 209 Å². The maximum Gasteiger partial charge on any atom is 0.252 e. The summed E-state index contributed by atoms with van der Waals surface area (Å²) < 4.78 is 5.89. The molecule has 0 aliphatic heterocycles. The van der Waals surface area contributed by atoms with E-state index in [0.717, 1.165) is 28.5 Å². The van der Waals surface area contributed by atoms with E-state index in [1.54, 1.807) is 6.07 Å². The van der Waals surface area contributed by atoms with E-state index < -0.39 is 6.04 Å². The van der Waals surface area contributed by atoms with Crippen LogP contribution in [0, 0.1) is 0 Å². The van der Waals surface area contributed by atoms with Crippen LogP contribution in [0.1, 0.15) is 15.9 Å². The van der Waals surface area contributed by atoms with Gasteiger partial charge in [0.1, 0.15) is 17.8 Å². The Bertz CT molecular complexity index is 1480. The van der Waals surface area contributed by atoms with Crippen LogP contribution < -0.4 is 10.1 Å². The second-order valence-corrected chi connectivity index (χ2v) is 8.42. The zero-order chi connectivity index (χ0) is 24.7. The van der Waals surface area contributed by atoms with Crippen LogP contribution in [0.5, 0.6) is 11.5 Å². The van der Waals surface area contributed by atoms with Gasteiger partial charge < -0.3 is 14.8 Å². The van der Waals surface area contributed by atoms with Gasteiger partial charge in [0.15, 0.2) is 0 Å². The first-order chi connectivity index (χ1) is 17.7. The third kappa shape index (κ3) is 5.31. The summed E-state index contributed by atoms with van der Waals surface area (Å²) in [4.78, 5) is 29.9. The van der Waals surface area contributed by atoms with E-state index in [4.69, 9.17) is 9.72 Å². The van der Waals surface area contributed by atoms with Crippen molar-refractivity contribution in [2.24, 2.45) is 0 Å². The highest BCUT2D eigenvalue weighted by atomic mass is 16.5. The van der Waals surface area contributed by atoms with Crippen LogP contribution in [0.4, 0.5) is 0 Å². The quantitative estimate of drug-likeness (QED) is 0.272. The number of para-hydroxylation sites is 2. The molecule has 1 atom stereocenters. The zero-order valence-corrected chi connectivity index (χ0v) is 19.5. The lowest BCUT2D eigenvalue weighted by atomic mass is 10.0. The number of hydrogen-bond acceptors (Lipinski definition) is 4. The Hall–Kier alpha value is -4.77. The fourth-order valence-corrected chi connectivity index (χ4v) is 4.08. The van der Waals surface area contributed by atoms with Crippen molar-refractivity contribution in [1.29, 1.82) is 0 Å². The van der Waals surface area contributed by atoms with Crippen molar-refractivity contribution in [3.8, 4) is 22.8 Å². The molecule has 5 nitrogen and oxygen atoms in total. The molecule has 0 bridgehead atoms.